The molecule has 0 unspecified atom stereocenters. The lowest BCUT2D eigenvalue weighted by Gasteiger charge is -2.30. The van der Waals surface area contributed by atoms with Crippen molar-refractivity contribution in [1.82, 2.24) is 10.9 Å². The van der Waals surface area contributed by atoms with Crippen molar-refractivity contribution in [1.29, 1.82) is 0 Å². The molecule has 1 amide bonds. The van der Waals surface area contributed by atoms with Crippen LogP contribution in [-0.2, 0) is 16.0 Å². The Hall–Kier alpha value is -4.34. The highest BCUT2D eigenvalue weighted by Crippen LogP contribution is 2.45. The Morgan fingerprint density at radius 1 is 1.02 bits per heavy atom. The monoisotopic (exact) mass is 673 g/mol. The first-order valence-electron chi connectivity index (χ1n) is 15.4. The van der Waals surface area contributed by atoms with E-state index in [1.165, 1.54) is 0 Å². The fraction of sp³-hybridized carbons (Fsp3) is 0.243. The third-order valence-corrected chi connectivity index (χ3v) is 8.29. The number of halogens is 2. The van der Waals surface area contributed by atoms with Gasteiger partial charge in [0.25, 0.3) is 5.91 Å². The van der Waals surface area contributed by atoms with Crippen LogP contribution in [0.3, 0.4) is 0 Å². The van der Waals surface area contributed by atoms with Gasteiger partial charge in [0.05, 0.1) is 13.7 Å². The van der Waals surface area contributed by atoms with Crippen LogP contribution < -0.4 is 20.3 Å². The smallest absolute Gasteiger partial charge is 0.266 e. The number of hydrogen-bond acceptors (Lipinski definition) is 7. The minimum absolute atomic E-state index is 0.0511. The van der Waals surface area contributed by atoms with Crippen LogP contribution in [-0.4, -0.2) is 49.3 Å². The maximum atomic E-state index is 14.4. The number of aliphatic hydroxyl groups excluding tert-OH is 1. The molecule has 0 fully saturated rings. The summed E-state index contributed by atoms with van der Waals surface area (Å²) in [6.07, 6.45) is 4.36. The molecular formula is C37H37Cl2N3O5. The van der Waals surface area contributed by atoms with E-state index in [4.69, 9.17) is 47.5 Å². The molecule has 0 saturated heterocycles. The molecule has 0 radical (unpaired) electrons. The molecule has 0 spiro atoms. The minimum atomic E-state index is -1.44. The molecule has 2 atom stereocenters. The van der Waals surface area contributed by atoms with Crippen LogP contribution in [0, 0.1) is 0 Å². The van der Waals surface area contributed by atoms with Crippen LogP contribution in [0.15, 0.2) is 108 Å². The van der Waals surface area contributed by atoms with E-state index in [9.17, 15) is 4.79 Å². The zero-order chi connectivity index (χ0) is 33.1. The SMILES string of the molecule is COc1ccccc1CCNNC(=O)[C@@]1(C/C=C/c2ccccc2)N=C(c2ccc(OCCCO)cc2)O[C@H]1c1ccc(Cl)cc1Cl. The van der Waals surface area contributed by atoms with Crippen LogP contribution in [0.5, 0.6) is 11.5 Å². The molecule has 5 rings (SSSR count). The van der Waals surface area contributed by atoms with Crippen molar-refractivity contribution >= 4 is 41.1 Å². The van der Waals surface area contributed by atoms with Gasteiger partial charge in [0.2, 0.25) is 5.90 Å². The van der Waals surface area contributed by atoms with E-state index in [0.717, 1.165) is 16.9 Å². The van der Waals surface area contributed by atoms with Crippen LogP contribution in [0.1, 0.15) is 41.2 Å². The summed E-state index contributed by atoms with van der Waals surface area (Å²) in [5.74, 6) is 1.33. The van der Waals surface area contributed by atoms with Gasteiger partial charge in [-0.05, 0) is 60.0 Å². The number of carbonyl (C=O) groups is 1. The Bertz CT molecular complexity index is 1700. The quantitative estimate of drug-likeness (QED) is 0.0929. The van der Waals surface area contributed by atoms with Gasteiger partial charge >= 0.3 is 0 Å². The summed E-state index contributed by atoms with van der Waals surface area (Å²) in [6.45, 7) is 0.894. The maximum absolute atomic E-state index is 14.4. The van der Waals surface area contributed by atoms with Crippen molar-refractivity contribution in [2.24, 2.45) is 4.99 Å². The van der Waals surface area contributed by atoms with Crippen molar-refractivity contribution in [3.05, 3.63) is 135 Å². The molecule has 0 saturated carbocycles. The van der Waals surface area contributed by atoms with Crippen molar-refractivity contribution in [3.8, 4) is 11.5 Å². The lowest BCUT2D eigenvalue weighted by molar-refractivity contribution is -0.129. The van der Waals surface area contributed by atoms with Crippen molar-refractivity contribution < 1.29 is 24.1 Å². The topological polar surface area (TPSA) is 101 Å². The molecule has 1 heterocycles. The average Bonchev–Trinajstić information content (AvgIpc) is 3.48. The molecule has 47 heavy (non-hydrogen) atoms. The highest BCUT2D eigenvalue weighted by atomic mass is 35.5. The summed E-state index contributed by atoms with van der Waals surface area (Å²) in [5, 5.41) is 9.90. The maximum Gasteiger partial charge on any atom is 0.266 e. The predicted octanol–water partition coefficient (Wildman–Crippen LogP) is 6.99. The number of methoxy groups -OCH3 is 1. The Kier molecular flexibility index (Phi) is 11.9. The predicted molar refractivity (Wildman–Crippen MR) is 186 cm³/mol. The van der Waals surface area contributed by atoms with E-state index in [-0.39, 0.29) is 18.9 Å². The van der Waals surface area contributed by atoms with Crippen LogP contribution in [0.2, 0.25) is 10.0 Å². The molecule has 10 heteroatoms. The standard InChI is InChI=1S/C37H37Cl2N3O5/c1-45-33-13-6-5-12-27(33)20-22-40-42-36(44)37(21-7-11-26-9-3-2-4-10-26)34(31-19-16-29(38)25-32(31)39)47-35(41-37)28-14-17-30(18-15-28)46-24-8-23-43/h2-7,9-19,25,34,40,43H,8,20-24H2,1H3,(H,42,44)/b11-7+/t34-,37-/m0/s1. The number of hydrogen-bond donors (Lipinski definition) is 3. The Labute approximate surface area is 285 Å². The Balaban J connectivity index is 1.47. The van der Waals surface area contributed by atoms with E-state index in [1.54, 1.807) is 37.4 Å². The van der Waals surface area contributed by atoms with Crippen molar-refractivity contribution in [2.45, 2.75) is 30.9 Å². The fourth-order valence-electron chi connectivity index (χ4n) is 5.30. The summed E-state index contributed by atoms with van der Waals surface area (Å²) < 4.78 is 17.7. The second-order valence-corrected chi connectivity index (χ2v) is 11.8. The lowest BCUT2D eigenvalue weighted by atomic mass is 9.84. The summed E-state index contributed by atoms with van der Waals surface area (Å²) in [5.41, 5.74) is 7.79. The van der Waals surface area contributed by atoms with Gasteiger partial charge in [-0.15, -0.1) is 0 Å². The van der Waals surface area contributed by atoms with Gasteiger partial charge in [0.1, 0.15) is 11.5 Å². The first kappa shape index (κ1) is 34.0. The second kappa shape index (κ2) is 16.5. The number of hydrazine groups is 1. The van der Waals surface area contributed by atoms with Gasteiger partial charge in [-0.1, -0.05) is 90.0 Å². The summed E-state index contributed by atoms with van der Waals surface area (Å²) >= 11 is 13.0. The van der Waals surface area contributed by atoms with E-state index in [0.29, 0.717) is 58.8 Å². The van der Waals surface area contributed by atoms with E-state index in [1.807, 2.05) is 78.9 Å². The third-order valence-electron chi connectivity index (χ3n) is 7.73. The zero-order valence-electron chi connectivity index (χ0n) is 26.0. The molecule has 1 aliphatic heterocycles. The molecule has 4 aromatic carbocycles. The number of aliphatic imine (C=N–C) groups is 1. The van der Waals surface area contributed by atoms with Gasteiger partial charge in [0.15, 0.2) is 11.6 Å². The highest BCUT2D eigenvalue weighted by molar-refractivity contribution is 6.35. The van der Waals surface area contributed by atoms with Crippen LogP contribution in [0.4, 0.5) is 0 Å². The van der Waals surface area contributed by atoms with Crippen LogP contribution >= 0.6 is 23.2 Å². The number of amides is 1. The molecule has 1 aliphatic rings. The minimum Gasteiger partial charge on any atom is -0.496 e. The number of nitrogens with one attached hydrogen (secondary N) is 2. The Morgan fingerprint density at radius 3 is 2.53 bits per heavy atom. The van der Waals surface area contributed by atoms with Crippen molar-refractivity contribution in [2.75, 3.05) is 26.9 Å². The fourth-order valence-corrected chi connectivity index (χ4v) is 5.81. The molecule has 4 aromatic rings. The van der Waals surface area contributed by atoms with Gasteiger partial charge in [-0.25, -0.2) is 10.4 Å². The summed E-state index contributed by atoms with van der Waals surface area (Å²) in [6, 6.07) is 30.0. The van der Waals surface area contributed by atoms with E-state index >= 15 is 0 Å². The summed E-state index contributed by atoms with van der Waals surface area (Å²) in [4.78, 5) is 19.4. The largest absolute Gasteiger partial charge is 0.496 e. The number of aliphatic hydroxyl groups is 1. The average molecular weight is 675 g/mol. The second-order valence-electron chi connectivity index (χ2n) is 10.9. The number of rotatable bonds is 15. The van der Waals surface area contributed by atoms with Gasteiger partial charge in [-0.2, -0.15) is 0 Å². The molecule has 0 bridgehead atoms. The van der Waals surface area contributed by atoms with Gasteiger partial charge < -0.3 is 19.3 Å². The van der Waals surface area contributed by atoms with Gasteiger partial charge in [-0.3, -0.25) is 10.2 Å². The number of benzene rings is 4. The molecule has 3 N–H and O–H groups in total. The molecular weight excluding hydrogens is 637 g/mol. The normalized spacial score (nSPS) is 17.3. The van der Waals surface area contributed by atoms with Gasteiger partial charge in [0, 0.05) is 47.2 Å². The molecule has 244 valence electrons. The first-order chi connectivity index (χ1) is 22.9. The lowest BCUT2D eigenvalue weighted by Crippen LogP contribution is -2.52. The Morgan fingerprint density at radius 2 is 1.79 bits per heavy atom. The highest BCUT2D eigenvalue weighted by Gasteiger charge is 2.53. The molecule has 0 aliphatic carbocycles. The number of carbonyl (C=O) groups excluding carboxylic acids is 1. The first-order valence-corrected chi connectivity index (χ1v) is 16.1. The summed E-state index contributed by atoms with van der Waals surface area (Å²) in [7, 11) is 1.64. The van der Waals surface area contributed by atoms with E-state index < -0.39 is 11.6 Å². The number of nitrogens with zero attached hydrogens (tertiary/aromatic N) is 1. The molecule has 0 aromatic heterocycles. The van der Waals surface area contributed by atoms with Crippen LogP contribution in [0.25, 0.3) is 6.08 Å². The van der Waals surface area contributed by atoms with E-state index in [2.05, 4.69) is 10.9 Å². The third kappa shape index (κ3) is 8.53. The number of ether oxygens (including phenoxy) is 3. The zero-order valence-corrected chi connectivity index (χ0v) is 27.5. The van der Waals surface area contributed by atoms with Crippen molar-refractivity contribution in [3.63, 3.8) is 0 Å². The molecule has 8 nitrogen and oxygen atoms in total. The number of para-hydroxylation sites is 1.